The highest BCUT2D eigenvalue weighted by atomic mass is 79.9. The fourth-order valence-corrected chi connectivity index (χ4v) is 1.90. The van der Waals surface area contributed by atoms with Gasteiger partial charge in [-0.2, -0.15) is 0 Å². The Kier molecular flexibility index (Phi) is 5.34. The number of aryl methyl sites for hydroxylation is 1. The SMILES string of the molecule is Cc1ccc(Br)cc1CCNC(=O)C(C)C(=O)O. The van der Waals surface area contributed by atoms with Crippen molar-refractivity contribution in [2.24, 2.45) is 5.92 Å². The first-order valence-corrected chi connectivity index (χ1v) is 6.46. The number of carboxylic acids is 1. The zero-order valence-electron chi connectivity index (χ0n) is 10.4. The van der Waals surface area contributed by atoms with Gasteiger partial charge < -0.3 is 10.4 Å². The summed E-state index contributed by atoms with van der Waals surface area (Å²) in [5.74, 6) is -2.56. The Hall–Kier alpha value is -1.36. The van der Waals surface area contributed by atoms with Crippen LogP contribution in [0.15, 0.2) is 22.7 Å². The molecule has 2 N–H and O–H groups in total. The summed E-state index contributed by atoms with van der Waals surface area (Å²) in [6, 6.07) is 5.97. The van der Waals surface area contributed by atoms with E-state index in [0.29, 0.717) is 13.0 Å². The van der Waals surface area contributed by atoms with Crippen molar-refractivity contribution in [1.29, 1.82) is 0 Å². The van der Waals surface area contributed by atoms with E-state index < -0.39 is 17.8 Å². The Balaban J connectivity index is 2.49. The number of halogens is 1. The van der Waals surface area contributed by atoms with E-state index in [-0.39, 0.29) is 0 Å². The van der Waals surface area contributed by atoms with Gasteiger partial charge in [0.25, 0.3) is 0 Å². The minimum atomic E-state index is -1.11. The van der Waals surface area contributed by atoms with Crippen LogP contribution in [0, 0.1) is 12.8 Å². The zero-order chi connectivity index (χ0) is 13.7. The van der Waals surface area contributed by atoms with Crippen molar-refractivity contribution in [3.05, 3.63) is 33.8 Å². The molecule has 0 saturated carbocycles. The molecule has 1 rings (SSSR count). The second kappa shape index (κ2) is 6.54. The predicted molar refractivity (Wildman–Crippen MR) is 72.4 cm³/mol. The molecule has 0 saturated heterocycles. The third-order valence-electron chi connectivity index (χ3n) is 2.77. The molecule has 5 heteroatoms. The van der Waals surface area contributed by atoms with Gasteiger partial charge >= 0.3 is 5.97 Å². The molecule has 0 aliphatic rings. The van der Waals surface area contributed by atoms with Crippen LogP contribution in [0.4, 0.5) is 0 Å². The van der Waals surface area contributed by atoms with Gasteiger partial charge in [-0.1, -0.05) is 22.0 Å². The lowest BCUT2D eigenvalue weighted by atomic mass is 10.1. The maximum Gasteiger partial charge on any atom is 0.315 e. The highest BCUT2D eigenvalue weighted by molar-refractivity contribution is 9.10. The highest BCUT2D eigenvalue weighted by Gasteiger charge is 2.19. The summed E-state index contributed by atoms with van der Waals surface area (Å²) in [7, 11) is 0. The van der Waals surface area contributed by atoms with E-state index in [1.807, 2.05) is 25.1 Å². The first-order chi connectivity index (χ1) is 8.41. The van der Waals surface area contributed by atoms with Crippen LogP contribution in [0.1, 0.15) is 18.1 Å². The smallest absolute Gasteiger partial charge is 0.315 e. The molecule has 1 atom stereocenters. The molecule has 18 heavy (non-hydrogen) atoms. The average Bonchev–Trinajstić information content (AvgIpc) is 2.32. The highest BCUT2D eigenvalue weighted by Crippen LogP contribution is 2.16. The van der Waals surface area contributed by atoms with Crippen molar-refractivity contribution in [3.8, 4) is 0 Å². The van der Waals surface area contributed by atoms with Crippen LogP contribution in [0.25, 0.3) is 0 Å². The molecule has 0 heterocycles. The molecule has 1 aromatic rings. The molecule has 0 radical (unpaired) electrons. The zero-order valence-corrected chi connectivity index (χ0v) is 12.0. The maximum atomic E-state index is 11.4. The molecule has 0 aliphatic carbocycles. The van der Waals surface area contributed by atoms with Gasteiger partial charge in [0, 0.05) is 11.0 Å². The van der Waals surface area contributed by atoms with Crippen molar-refractivity contribution < 1.29 is 14.7 Å². The Morgan fingerprint density at radius 2 is 2.11 bits per heavy atom. The van der Waals surface area contributed by atoms with Crippen LogP contribution >= 0.6 is 15.9 Å². The first kappa shape index (κ1) is 14.7. The minimum Gasteiger partial charge on any atom is -0.481 e. The molecular formula is C13H16BrNO3. The van der Waals surface area contributed by atoms with E-state index in [2.05, 4.69) is 21.2 Å². The van der Waals surface area contributed by atoms with Crippen molar-refractivity contribution in [3.63, 3.8) is 0 Å². The van der Waals surface area contributed by atoms with E-state index in [1.54, 1.807) is 0 Å². The summed E-state index contributed by atoms with van der Waals surface area (Å²) in [6.07, 6.45) is 0.684. The van der Waals surface area contributed by atoms with E-state index in [0.717, 1.165) is 15.6 Å². The van der Waals surface area contributed by atoms with Gasteiger partial charge in [0.1, 0.15) is 5.92 Å². The van der Waals surface area contributed by atoms with Gasteiger partial charge in [-0.25, -0.2) is 0 Å². The number of hydrogen-bond acceptors (Lipinski definition) is 2. The Morgan fingerprint density at radius 3 is 2.72 bits per heavy atom. The van der Waals surface area contributed by atoms with Gasteiger partial charge in [0.05, 0.1) is 0 Å². The van der Waals surface area contributed by atoms with Crippen molar-refractivity contribution >= 4 is 27.8 Å². The number of aliphatic carboxylic acids is 1. The summed E-state index contributed by atoms with van der Waals surface area (Å²) in [5.41, 5.74) is 2.28. The lowest BCUT2D eigenvalue weighted by Gasteiger charge is -2.10. The van der Waals surface area contributed by atoms with E-state index in [9.17, 15) is 9.59 Å². The van der Waals surface area contributed by atoms with Crippen LogP contribution in [0.2, 0.25) is 0 Å². The molecule has 4 nitrogen and oxygen atoms in total. The largest absolute Gasteiger partial charge is 0.481 e. The van der Waals surface area contributed by atoms with Crippen LogP contribution in [0.5, 0.6) is 0 Å². The van der Waals surface area contributed by atoms with Crippen LogP contribution in [0.3, 0.4) is 0 Å². The summed E-state index contributed by atoms with van der Waals surface area (Å²) < 4.78 is 0.994. The summed E-state index contributed by atoms with van der Waals surface area (Å²) in [6.45, 7) is 3.82. The maximum absolute atomic E-state index is 11.4. The summed E-state index contributed by atoms with van der Waals surface area (Å²) in [5, 5.41) is 11.3. The minimum absolute atomic E-state index is 0.438. The van der Waals surface area contributed by atoms with Crippen molar-refractivity contribution in [1.82, 2.24) is 5.32 Å². The molecule has 0 bridgehead atoms. The molecule has 0 aliphatic heterocycles. The second-order valence-corrected chi connectivity index (χ2v) is 5.09. The Bertz CT molecular complexity index is 460. The number of rotatable bonds is 5. The molecular weight excluding hydrogens is 298 g/mol. The number of hydrogen-bond donors (Lipinski definition) is 2. The van der Waals surface area contributed by atoms with Crippen molar-refractivity contribution in [2.45, 2.75) is 20.3 Å². The van der Waals surface area contributed by atoms with Gasteiger partial charge in [0.15, 0.2) is 0 Å². The fourth-order valence-electron chi connectivity index (χ4n) is 1.49. The number of nitrogens with one attached hydrogen (secondary N) is 1. The Labute approximate surface area is 115 Å². The van der Waals surface area contributed by atoms with Crippen LogP contribution in [-0.2, 0) is 16.0 Å². The topological polar surface area (TPSA) is 66.4 Å². The molecule has 1 amide bonds. The number of carboxylic acid groups (broad SMARTS) is 1. The third-order valence-corrected chi connectivity index (χ3v) is 3.26. The standard InChI is InChI=1S/C13H16BrNO3/c1-8-3-4-11(14)7-10(8)5-6-15-12(16)9(2)13(17)18/h3-4,7,9H,5-6H2,1-2H3,(H,15,16)(H,17,18). The molecule has 0 aromatic heterocycles. The van der Waals surface area contributed by atoms with E-state index in [4.69, 9.17) is 5.11 Å². The third kappa shape index (κ3) is 4.14. The number of amides is 1. The van der Waals surface area contributed by atoms with Crippen molar-refractivity contribution in [2.75, 3.05) is 6.54 Å². The number of benzene rings is 1. The van der Waals surface area contributed by atoms with Gasteiger partial charge in [0.2, 0.25) is 5.91 Å². The summed E-state index contributed by atoms with van der Waals surface area (Å²) in [4.78, 5) is 22.0. The number of carbonyl (C=O) groups excluding carboxylic acids is 1. The monoisotopic (exact) mass is 313 g/mol. The number of carbonyl (C=O) groups is 2. The van der Waals surface area contributed by atoms with Gasteiger partial charge in [-0.05, 0) is 43.5 Å². The lowest BCUT2D eigenvalue weighted by Crippen LogP contribution is -2.34. The normalized spacial score (nSPS) is 11.9. The fraction of sp³-hybridized carbons (Fsp3) is 0.385. The van der Waals surface area contributed by atoms with Gasteiger partial charge in [-0.3, -0.25) is 9.59 Å². The van der Waals surface area contributed by atoms with Crippen LogP contribution in [-0.4, -0.2) is 23.5 Å². The quantitative estimate of drug-likeness (QED) is 0.818. The van der Waals surface area contributed by atoms with E-state index in [1.165, 1.54) is 6.92 Å². The second-order valence-electron chi connectivity index (χ2n) is 4.17. The summed E-state index contributed by atoms with van der Waals surface area (Å²) >= 11 is 3.39. The molecule has 1 unspecified atom stereocenters. The lowest BCUT2D eigenvalue weighted by molar-refractivity contribution is -0.146. The molecule has 98 valence electrons. The van der Waals surface area contributed by atoms with E-state index >= 15 is 0 Å². The Morgan fingerprint density at radius 1 is 1.44 bits per heavy atom. The molecule has 0 spiro atoms. The predicted octanol–water partition coefficient (Wildman–Crippen LogP) is 2.14. The molecule has 1 aromatic carbocycles. The molecule has 0 fully saturated rings. The average molecular weight is 314 g/mol. The van der Waals surface area contributed by atoms with Crippen LogP contribution < -0.4 is 5.32 Å². The van der Waals surface area contributed by atoms with Gasteiger partial charge in [-0.15, -0.1) is 0 Å². The first-order valence-electron chi connectivity index (χ1n) is 5.67.